The Kier molecular flexibility index (Phi) is 4.72. The predicted octanol–water partition coefficient (Wildman–Crippen LogP) is 1.89. The summed E-state index contributed by atoms with van der Waals surface area (Å²) in [6, 6.07) is 9.34. The van der Waals surface area contributed by atoms with Crippen LogP contribution in [0.4, 0.5) is 0 Å². The molecule has 1 amide bonds. The molecule has 0 saturated carbocycles. The first-order valence-corrected chi connectivity index (χ1v) is 8.84. The number of hydrogen-bond donors (Lipinski definition) is 0. The molecule has 0 radical (unpaired) electrons. The van der Waals surface area contributed by atoms with Gasteiger partial charge in [0.1, 0.15) is 18.4 Å². The van der Waals surface area contributed by atoms with E-state index in [1.165, 1.54) is 6.33 Å². The minimum absolute atomic E-state index is 0.0422. The number of ether oxygens (including phenoxy) is 1. The lowest BCUT2D eigenvalue weighted by Crippen LogP contribution is -2.30. The number of aromatic nitrogens is 4. The summed E-state index contributed by atoms with van der Waals surface area (Å²) in [5.74, 6) is 0.932. The number of likely N-dealkylation sites (tertiary alicyclic amines) is 1. The Balaban J connectivity index is 1.55. The van der Waals surface area contributed by atoms with Crippen molar-refractivity contribution in [1.82, 2.24) is 24.8 Å². The van der Waals surface area contributed by atoms with E-state index in [4.69, 9.17) is 9.26 Å². The van der Waals surface area contributed by atoms with Gasteiger partial charge in [-0.1, -0.05) is 17.3 Å². The van der Waals surface area contributed by atoms with Gasteiger partial charge in [0.05, 0.1) is 23.0 Å². The number of amides is 1. The fourth-order valence-electron chi connectivity index (χ4n) is 3.60. The molecule has 1 fully saturated rings. The molecule has 0 unspecified atom stereocenters. The molecule has 0 spiro atoms. The maximum absolute atomic E-state index is 13.2. The summed E-state index contributed by atoms with van der Waals surface area (Å²) in [5, 5.41) is 8.09. The second-order valence-corrected chi connectivity index (χ2v) is 6.74. The number of carbonyl (C=O) groups excluding carboxylic acids is 1. The van der Waals surface area contributed by atoms with Gasteiger partial charge in [-0.05, 0) is 19.1 Å². The topological polar surface area (TPSA) is 86.3 Å². The lowest BCUT2D eigenvalue weighted by Gasteiger charge is -2.18. The van der Waals surface area contributed by atoms with Crippen LogP contribution in [0.15, 0.2) is 47.5 Å². The largest absolute Gasteiger partial charge is 0.379 e. The maximum atomic E-state index is 13.2. The van der Waals surface area contributed by atoms with E-state index in [2.05, 4.69) is 15.2 Å². The van der Waals surface area contributed by atoms with E-state index in [1.54, 1.807) is 18.1 Å². The molecule has 3 aromatic rings. The molecule has 2 aromatic heterocycles. The number of hydrogen-bond acceptors (Lipinski definition) is 6. The number of aryl methyl sites for hydroxylation is 1. The highest BCUT2D eigenvalue weighted by Gasteiger charge is 2.37. The zero-order valence-corrected chi connectivity index (χ0v) is 15.3. The first-order valence-electron chi connectivity index (χ1n) is 8.84. The van der Waals surface area contributed by atoms with Crippen molar-refractivity contribution in [3.8, 4) is 5.69 Å². The summed E-state index contributed by atoms with van der Waals surface area (Å²) in [5.41, 5.74) is 2.16. The van der Waals surface area contributed by atoms with Crippen LogP contribution in [0, 0.1) is 12.8 Å². The minimum atomic E-state index is -0.0436. The van der Waals surface area contributed by atoms with Gasteiger partial charge >= 0.3 is 0 Å². The normalized spacial score (nSPS) is 19.6. The molecule has 0 aliphatic carbocycles. The third-order valence-corrected chi connectivity index (χ3v) is 4.91. The van der Waals surface area contributed by atoms with E-state index >= 15 is 0 Å². The van der Waals surface area contributed by atoms with Crippen molar-refractivity contribution in [2.45, 2.75) is 19.4 Å². The zero-order valence-electron chi connectivity index (χ0n) is 15.3. The van der Waals surface area contributed by atoms with Gasteiger partial charge in [-0.2, -0.15) is 5.10 Å². The van der Waals surface area contributed by atoms with Crippen molar-refractivity contribution in [3.63, 3.8) is 0 Å². The molecule has 2 atom stereocenters. The molecule has 8 heteroatoms. The van der Waals surface area contributed by atoms with Crippen LogP contribution in [-0.4, -0.2) is 57.0 Å². The quantitative estimate of drug-likeness (QED) is 0.684. The third kappa shape index (κ3) is 3.48. The SMILES string of the molecule is CO[C@H]1CN(C(=O)c2ccccc2-n2cncn2)C[C@H]1Cc1cc(C)no1. The minimum Gasteiger partial charge on any atom is -0.379 e. The van der Waals surface area contributed by atoms with E-state index in [-0.39, 0.29) is 17.9 Å². The molecule has 8 nitrogen and oxygen atoms in total. The van der Waals surface area contributed by atoms with Gasteiger partial charge in [0.2, 0.25) is 0 Å². The first-order chi connectivity index (χ1) is 13.2. The van der Waals surface area contributed by atoms with Crippen LogP contribution in [0.5, 0.6) is 0 Å². The van der Waals surface area contributed by atoms with Gasteiger partial charge in [-0.3, -0.25) is 4.79 Å². The van der Waals surface area contributed by atoms with Crippen molar-refractivity contribution in [3.05, 3.63) is 60.0 Å². The van der Waals surface area contributed by atoms with Gasteiger partial charge in [-0.15, -0.1) is 0 Å². The van der Waals surface area contributed by atoms with Crippen molar-refractivity contribution in [2.75, 3.05) is 20.2 Å². The highest BCUT2D eigenvalue weighted by Crippen LogP contribution is 2.26. The van der Waals surface area contributed by atoms with Crippen LogP contribution in [0.25, 0.3) is 5.69 Å². The summed E-state index contributed by atoms with van der Waals surface area (Å²) in [6.45, 7) is 3.04. The van der Waals surface area contributed by atoms with Crippen LogP contribution in [0.3, 0.4) is 0 Å². The molecule has 4 rings (SSSR count). The van der Waals surface area contributed by atoms with E-state index in [9.17, 15) is 4.79 Å². The van der Waals surface area contributed by atoms with Gasteiger partial charge in [-0.25, -0.2) is 9.67 Å². The lowest BCUT2D eigenvalue weighted by molar-refractivity contribution is 0.0672. The van der Waals surface area contributed by atoms with Crippen molar-refractivity contribution in [2.24, 2.45) is 5.92 Å². The zero-order chi connectivity index (χ0) is 18.8. The van der Waals surface area contributed by atoms with Crippen LogP contribution in [0.1, 0.15) is 21.8 Å². The molecule has 140 valence electrons. The van der Waals surface area contributed by atoms with Gasteiger partial charge in [0.25, 0.3) is 5.91 Å². The molecular weight excluding hydrogens is 346 g/mol. The number of methoxy groups -OCH3 is 1. The lowest BCUT2D eigenvalue weighted by atomic mass is 10.0. The summed E-state index contributed by atoms with van der Waals surface area (Å²) in [4.78, 5) is 19.0. The van der Waals surface area contributed by atoms with Crippen LogP contribution >= 0.6 is 0 Å². The van der Waals surface area contributed by atoms with Crippen molar-refractivity contribution in [1.29, 1.82) is 0 Å². The molecule has 1 aliphatic rings. The monoisotopic (exact) mass is 367 g/mol. The highest BCUT2D eigenvalue weighted by atomic mass is 16.5. The first kappa shape index (κ1) is 17.4. The van der Waals surface area contributed by atoms with Crippen LogP contribution in [-0.2, 0) is 11.2 Å². The molecule has 27 heavy (non-hydrogen) atoms. The standard InChI is InChI=1S/C19H21N5O3/c1-13-7-15(27-22-13)8-14-9-23(10-18(14)26-2)19(25)16-5-3-4-6-17(16)24-12-20-11-21-24/h3-7,11-12,14,18H,8-10H2,1-2H3/t14-,18+/m1/s1. The number of carbonyl (C=O) groups is 1. The van der Waals surface area contributed by atoms with Gasteiger partial charge in [0, 0.05) is 38.6 Å². The number of benzene rings is 1. The smallest absolute Gasteiger partial charge is 0.256 e. The Hall–Kier alpha value is -3.00. The third-order valence-electron chi connectivity index (χ3n) is 4.91. The van der Waals surface area contributed by atoms with E-state index in [0.717, 1.165) is 11.5 Å². The Labute approximate surface area is 156 Å². The number of nitrogens with zero attached hydrogens (tertiary/aromatic N) is 5. The average Bonchev–Trinajstić information content (AvgIpc) is 3.43. The average molecular weight is 367 g/mol. The van der Waals surface area contributed by atoms with E-state index < -0.39 is 0 Å². The molecule has 1 aliphatic heterocycles. The molecule has 0 N–H and O–H groups in total. The van der Waals surface area contributed by atoms with Crippen molar-refractivity contribution < 1.29 is 14.1 Å². The van der Waals surface area contributed by atoms with Gasteiger partial charge < -0.3 is 14.2 Å². The second kappa shape index (κ2) is 7.32. The fraction of sp³-hybridized carbons (Fsp3) is 0.368. The molecular formula is C19H21N5O3. The summed E-state index contributed by atoms with van der Waals surface area (Å²) in [6.07, 6.45) is 3.68. The van der Waals surface area contributed by atoms with E-state index in [1.807, 2.05) is 42.2 Å². The van der Waals surface area contributed by atoms with E-state index in [0.29, 0.717) is 30.8 Å². The van der Waals surface area contributed by atoms with Crippen molar-refractivity contribution >= 4 is 5.91 Å². The summed E-state index contributed by atoms with van der Waals surface area (Å²) in [7, 11) is 1.68. The number of rotatable bonds is 5. The fourth-order valence-corrected chi connectivity index (χ4v) is 3.60. The van der Waals surface area contributed by atoms with Crippen LogP contribution < -0.4 is 0 Å². The summed E-state index contributed by atoms with van der Waals surface area (Å²) >= 11 is 0. The van der Waals surface area contributed by atoms with Crippen LogP contribution in [0.2, 0.25) is 0 Å². The molecule has 3 heterocycles. The Bertz CT molecular complexity index is 921. The predicted molar refractivity (Wildman–Crippen MR) is 96.5 cm³/mol. The highest BCUT2D eigenvalue weighted by molar-refractivity contribution is 5.98. The summed E-state index contributed by atoms with van der Waals surface area (Å²) < 4.78 is 12.6. The number of para-hydroxylation sites is 1. The molecule has 0 bridgehead atoms. The second-order valence-electron chi connectivity index (χ2n) is 6.74. The Morgan fingerprint density at radius 3 is 2.89 bits per heavy atom. The van der Waals surface area contributed by atoms with Gasteiger partial charge in [0.15, 0.2) is 0 Å². The Morgan fingerprint density at radius 2 is 2.19 bits per heavy atom. The Morgan fingerprint density at radius 1 is 1.33 bits per heavy atom. The molecule has 1 saturated heterocycles. The molecule has 1 aromatic carbocycles. The maximum Gasteiger partial charge on any atom is 0.256 e.